The van der Waals surface area contributed by atoms with Crippen LogP contribution in [0.1, 0.15) is 33.1 Å². The number of hydrogen-bond donors (Lipinski definition) is 2. The van der Waals surface area contributed by atoms with Gasteiger partial charge in [0.1, 0.15) is 6.61 Å². The van der Waals surface area contributed by atoms with Crippen molar-refractivity contribution in [3.05, 3.63) is 0 Å². The maximum Gasteiger partial charge on any atom is 0.245 e. The Hall–Kier alpha value is -0.610. The van der Waals surface area contributed by atoms with Gasteiger partial charge in [-0.2, -0.15) is 0 Å². The second-order valence-corrected chi connectivity index (χ2v) is 3.39. The van der Waals surface area contributed by atoms with Crippen LogP contribution < -0.4 is 5.32 Å². The van der Waals surface area contributed by atoms with Crippen molar-refractivity contribution >= 4 is 5.91 Å². The van der Waals surface area contributed by atoms with Crippen molar-refractivity contribution in [2.45, 2.75) is 39.2 Å². The number of nitrogens with one attached hydrogen (secondary N) is 1. The molecule has 0 rings (SSSR count). The van der Waals surface area contributed by atoms with Gasteiger partial charge in [0, 0.05) is 13.2 Å². The molecular weight excluding hydrogens is 182 g/mol. The topological polar surface area (TPSA) is 58.6 Å². The van der Waals surface area contributed by atoms with Gasteiger partial charge < -0.3 is 15.2 Å². The SMILES string of the molecule is CCCOCC(=O)NCCCC(C)O. The van der Waals surface area contributed by atoms with Gasteiger partial charge in [0.2, 0.25) is 5.91 Å². The summed E-state index contributed by atoms with van der Waals surface area (Å²) >= 11 is 0. The number of hydrogen-bond acceptors (Lipinski definition) is 3. The van der Waals surface area contributed by atoms with Crippen LogP contribution in [-0.4, -0.2) is 36.9 Å². The molecule has 0 heterocycles. The van der Waals surface area contributed by atoms with E-state index in [4.69, 9.17) is 9.84 Å². The molecule has 0 aromatic rings. The highest BCUT2D eigenvalue weighted by Crippen LogP contribution is 1.93. The molecule has 0 radical (unpaired) electrons. The fourth-order valence-electron chi connectivity index (χ4n) is 0.986. The lowest BCUT2D eigenvalue weighted by molar-refractivity contribution is -0.125. The Balaban J connectivity index is 3.18. The molecule has 14 heavy (non-hydrogen) atoms. The zero-order valence-electron chi connectivity index (χ0n) is 9.08. The molecule has 0 saturated heterocycles. The number of rotatable bonds is 8. The average molecular weight is 203 g/mol. The summed E-state index contributed by atoms with van der Waals surface area (Å²) in [5.74, 6) is -0.0796. The first kappa shape index (κ1) is 13.4. The summed E-state index contributed by atoms with van der Waals surface area (Å²) in [4.78, 5) is 11.1. The molecule has 0 spiro atoms. The Labute approximate surface area is 85.6 Å². The van der Waals surface area contributed by atoms with Crippen LogP contribution in [0.5, 0.6) is 0 Å². The summed E-state index contributed by atoms with van der Waals surface area (Å²) < 4.78 is 5.06. The van der Waals surface area contributed by atoms with Crippen LogP contribution in [0.2, 0.25) is 0 Å². The van der Waals surface area contributed by atoms with Crippen LogP contribution in [0, 0.1) is 0 Å². The lowest BCUT2D eigenvalue weighted by Gasteiger charge is -2.06. The third-order valence-electron chi connectivity index (χ3n) is 1.70. The fourth-order valence-corrected chi connectivity index (χ4v) is 0.986. The molecule has 0 aliphatic rings. The standard InChI is InChI=1S/C10H21NO3/c1-3-7-14-8-10(13)11-6-4-5-9(2)12/h9,12H,3-8H2,1-2H3,(H,11,13). The van der Waals surface area contributed by atoms with Crippen LogP contribution in [0.25, 0.3) is 0 Å². The van der Waals surface area contributed by atoms with Crippen molar-refractivity contribution in [2.75, 3.05) is 19.8 Å². The highest BCUT2D eigenvalue weighted by Gasteiger charge is 2.00. The van der Waals surface area contributed by atoms with Gasteiger partial charge in [-0.1, -0.05) is 6.92 Å². The van der Waals surface area contributed by atoms with E-state index in [0.717, 1.165) is 19.3 Å². The van der Waals surface area contributed by atoms with Crippen molar-refractivity contribution in [3.8, 4) is 0 Å². The maximum atomic E-state index is 11.1. The Bertz CT molecular complexity index is 148. The predicted molar refractivity (Wildman–Crippen MR) is 55.0 cm³/mol. The number of carbonyl (C=O) groups is 1. The zero-order valence-corrected chi connectivity index (χ0v) is 9.08. The summed E-state index contributed by atoms with van der Waals surface area (Å²) in [7, 11) is 0. The lowest BCUT2D eigenvalue weighted by Crippen LogP contribution is -2.29. The van der Waals surface area contributed by atoms with Gasteiger partial charge >= 0.3 is 0 Å². The summed E-state index contributed by atoms with van der Waals surface area (Å²) in [6, 6.07) is 0. The quantitative estimate of drug-likeness (QED) is 0.571. The van der Waals surface area contributed by atoms with Crippen molar-refractivity contribution in [2.24, 2.45) is 0 Å². The van der Waals surface area contributed by atoms with Crippen molar-refractivity contribution in [3.63, 3.8) is 0 Å². The van der Waals surface area contributed by atoms with E-state index in [1.54, 1.807) is 6.92 Å². The second-order valence-electron chi connectivity index (χ2n) is 3.39. The Morgan fingerprint density at radius 2 is 2.29 bits per heavy atom. The first-order valence-electron chi connectivity index (χ1n) is 5.19. The lowest BCUT2D eigenvalue weighted by atomic mass is 10.2. The van der Waals surface area contributed by atoms with Gasteiger partial charge in [0.05, 0.1) is 6.10 Å². The molecule has 1 amide bonds. The molecule has 1 unspecified atom stereocenters. The Morgan fingerprint density at radius 1 is 1.57 bits per heavy atom. The maximum absolute atomic E-state index is 11.1. The predicted octanol–water partition coefficient (Wildman–Crippen LogP) is 0.690. The number of carbonyl (C=O) groups excluding carboxylic acids is 1. The summed E-state index contributed by atoms with van der Waals surface area (Å²) in [5.41, 5.74) is 0. The van der Waals surface area contributed by atoms with E-state index in [1.807, 2.05) is 6.92 Å². The molecule has 1 atom stereocenters. The molecule has 4 heteroatoms. The fraction of sp³-hybridized carbons (Fsp3) is 0.900. The highest BCUT2D eigenvalue weighted by molar-refractivity contribution is 5.77. The largest absolute Gasteiger partial charge is 0.393 e. The number of aliphatic hydroxyl groups excluding tert-OH is 1. The molecule has 84 valence electrons. The normalized spacial score (nSPS) is 12.5. The van der Waals surface area contributed by atoms with Crippen LogP contribution in [0.3, 0.4) is 0 Å². The van der Waals surface area contributed by atoms with E-state index in [1.165, 1.54) is 0 Å². The first-order chi connectivity index (χ1) is 6.66. The molecular formula is C10H21NO3. The van der Waals surface area contributed by atoms with E-state index in [0.29, 0.717) is 13.2 Å². The van der Waals surface area contributed by atoms with E-state index in [-0.39, 0.29) is 18.6 Å². The average Bonchev–Trinajstić information content (AvgIpc) is 2.13. The van der Waals surface area contributed by atoms with Crippen molar-refractivity contribution < 1.29 is 14.6 Å². The van der Waals surface area contributed by atoms with E-state index < -0.39 is 0 Å². The molecule has 0 aromatic heterocycles. The van der Waals surface area contributed by atoms with Crippen molar-refractivity contribution in [1.29, 1.82) is 0 Å². The van der Waals surface area contributed by atoms with Crippen LogP contribution in [0.4, 0.5) is 0 Å². The number of ether oxygens (including phenoxy) is 1. The number of aliphatic hydroxyl groups is 1. The molecule has 4 nitrogen and oxygen atoms in total. The molecule has 0 aliphatic heterocycles. The molecule has 0 bridgehead atoms. The third kappa shape index (κ3) is 9.48. The van der Waals surface area contributed by atoms with Gasteiger partial charge in [-0.05, 0) is 26.2 Å². The van der Waals surface area contributed by atoms with Crippen LogP contribution >= 0.6 is 0 Å². The highest BCUT2D eigenvalue weighted by atomic mass is 16.5. The smallest absolute Gasteiger partial charge is 0.245 e. The third-order valence-corrected chi connectivity index (χ3v) is 1.70. The Morgan fingerprint density at radius 3 is 2.86 bits per heavy atom. The van der Waals surface area contributed by atoms with E-state index in [9.17, 15) is 4.79 Å². The van der Waals surface area contributed by atoms with Gasteiger partial charge in [0.25, 0.3) is 0 Å². The van der Waals surface area contributed by atoms with Crippen molar-refractivity contribution in [1.82, 2.24) is 5.32 Å². The van der Waals surface area contributed by atoms with Gasteiger partial charge in [-0.15, -0.1) is 0 Å². The molecule has 0 aromatic carbocycles. The molecule has 0 aliphatic carbocycles. The monoisotopic (exact) mass is 203 g/mol. The molecule has 2 N–H and O–H groups in total. The minimum atomic E-state index is -0.289. The summed E-state index contributed by atoms with van der Waals surface area (Å²) in [5, 5.41) is 11.7. The summed E-state index contributed by atoms with van der Waals surface area (Å²) in [6.45, 7) is 5.12. The zero-order chi connectivity index (χ0) is 10.8. The van der Waals surface area contributed by atoms with E-state index >= 15 is 0 Å². The van der Waals surface area contributed by atoms with Crippen LogP contribution in [-0.2, 0) is 9.53 Å². The number of amides is 1. The van der Waals surface area contributed by atoms with Gasteiger partial charge in [0.15, 0.2) is 0 Å². The molecule has 0 fully saturated rings. The summed E-state index contributed by atoms with van der Waals surface area (Å²) in [6.07, 6.45) is 2.16. The minimum Gasteiger partial charge on any atom is -0.393 e. The molecule has 0 saturated carbocycles. The van der Waals surface area contributed by atoms with Gasteiger partial charge in [-0.25, -0.2) is 0 Å². The minimum absolute atomic E-state index is 0.0796. The van der Waals surface area contributed by atoms with Crippen LogP contribution in [0.15, 0.2) is 0 Å². The second kappa shape index (κ2) is 8.97. The first-order valence-corrected chi connectivity index (χ1v) is 5.19. The van der Waals surface area contributed by atoms with E-state index in [2.05, 4.69) is 5.32 Å². The van der Waals surface area contributed by atoms with Gasteiger partial charge in [-0.3, -0.25) is 4.79 Å². The Kier molecular flexibility index (Phi) is 8.57.